The number of nitrogens with zero attached hydrogens (tertiary/aromatic N) is 1. The normalized spacial score (nSPS) is 28.1. The fourth-order valence-electron chi connectivity index (χ4n) is 3.53. The molecule has 0 aromatic carbocycles. The standard InChI is InChI=1S/C16H30N2O/c1-13(2)14-6-5-7-15(12-14)17-9-8-16(19)18-10-3-4-11-18/h13-15,17H,3-12H2,1-2H3. The Balaban J connectivity index is 1.63. The minimum absolute atomic E-state index is 0.348. The Kier molecular flexibility index (Phi) is 5.68. The molecule has 1 aliphatic carbocycles. The molecule has 2 aliphatic rings. The van der Waals surface area contributed by atoms with Crippen molar-refractivity contribution >= 4 is 5.91 Å². The van der Waals surface area contributed by atoms with E-state index in [2.05, 4.69) is 19.2 Å². The molecule has 3 heteroatoms. The quantitative estimate of drug-likeness (QED) is 0.830. The van der Waals surface area contributed by atoms with Crippen molar-refractivity contribution < 1.29 is 4.79 Å². The van der Waals surface area contributed by atoms with E-state index in [-0.39, 0.29) is 0 Å². The van der Waals surface area contributed by atoms with Crippen molar-refractivity contribution in [2.75, 3.05) is 19.6 Å². The molecule has 2 fully saturated rings. The first kappa shape index (κ1) is 14.8. The largest absolute Gasteiger partial charge is 0.343 e. The molecule has 3 nitrogen and oxygen atoms in total. The minimum atomic E-state index is 0.348. The van der Waals surface area contributed by atoms with Crippen LogP contribution in [0.15, 0.2) is 0 Å². The second-order valence-electron chi connectivity index (χ2n) is 6.66. The highest BCUT2D eigenvalue weighted by Crippen LogP contribution is 2.29. The number of carbonyl (C=O) groups excluding carboxylic acids is 1. The lowest BCUT2D eigenvalue weighted by molar-refractivity contribution is -0.130. The molecule has 2 atom stereocenters. The molecule has 0 bridgehead atoms. The maximum Gasteiger partial charge on any atom is 0.223 e. The average molecular weight is 266 g/mol. The van der Waals surface area contributed by atoms with Crippen molar-refractivity contribution in [3.8, 4) is 0 Å². The molecule has 2 unspecified atom stereocenters. The van der Waals surface area contributed by atoms with Crippen LogP contribution in [0.25, 0.3) is 0 Å². The van der Waals surface area contributed by atoms with E-state index < -0.39 is 0 Å². The molecular formula is C16H30N2O. The van der Waals surface area contributed by atoms with Crippen molar-refractivity contribution in [2.24, 2.45) is 11.8 Å². The van der Waals surface area contributed by atoms with Crippen molar-refractivity contribution in [1.82, 2.24) is 10.2 Å². The molecular weight excluding hydrogens is 236 g/mol. The zero-order valence-electron chi connectivity index (χ0n) is 12.7. The Morgan fingerprint density at radius 2 is 1.95 bits per heavy atom. The van der Waals surface area contributed by atoms with Gasteiger partial charge >= 0.3 is 0 Å². The summed E-state index contributed by atoms with van der Waals surface area (Å²) in [6.45, 7) is 7.51. The summed E-state index contributed by atoms with van der Waals surface area (Å²) in [4.78, 5) is 14.0. The SMILES string of the molecule is CC(C)C1CCCC(NCCC(=O)N2CCCC2)C1. The Bertz CT molecular complexity index is 284. The second kappa shape index (κ2) is 7.28. The zero-order valence-corrected chi connectivity index (χ0v) is 12.7. The summed E-state index contributed by atoms with van der Waals surface area (Å²) in [5.41, 5.74) is 0. The maximum atomic E-state index is 11.9. The van der Waals surface area contributed by atoms with Crippen LogP contribution in [-0.2, 0) is 4.79 Å². The Hall–Kier alpha value is -0.570. The average Bonchev–Trinajstić information content (AvgIpc) is 2.93. The van der Waals surface area contributed by atoms with E-state index in [1.54, 1.807) is 0 Å². The van der Waals surface area contributed by atoms with E-state index in [4.69, 9.17) is 0 Å². The predicted molar refractivity (Wildman–Crippen MR) is 79.0 cm³/mol. The topological polar surface area (TPSA) is 32.3 Å². The van der Waals surface area contributed by atoms with Gasteiger partial charge in [-0.25, -0.2) is 0 Å². The molecule has 0 spiro atoms. The first-order valence-corrected chi connectivity index (χ1v) is 8.18. The fourth-order valence-corrected chi connectivity index (χ4v) is 3.53. The van der Waals surface area contributed by atoms with Gasteiger partial charge in [0.25, 0.3) is 0 Å². The van der Waals surface area contributed by atoms with E-state index in [9.17, 15) is 4.79 Å². The van der Waals surface area contributed by atoms with Gasteiger partial charge in [0.1, 0.15) is 0 Å². The summed E-state index contributed by atoms with van der Waals surface area (Å²) in [5, 5.41) is 3.61. The van der Waals surface area contributed by atoms with Gasteiger partial charge in [0.05, 0.1) is 0 Å². The van der Waals surface area contributed by atoms with Gasteiger partial charge in [0.2, 0.25) is 5.91 Å². The van der Waals surface area contributed by atoms with E-state index in [1.165, 1.54) is 38.5 Å². The molecule has 1 amide bonds. The highest BCUT2D eigenvalue weighted by atomic mass is 16.2. The smallest absolute Gasteiger partial charge is 0.223 e. The van der Waals surface area contributed by atoms with Crippen LogP contribution in [0.1, 0.15) is 58.8 Å². The van der Waals surface area contributed by atoms with Crippen LogP contribution in [0, 0.1) is 11.8 Å². The molecule has 1 saturated carbocycles. The van der Waals surface area contributed by atoms with Gasteiger partial charge in [-0.05, 0) is 37.5 Å². The Labute approximate surface area is 118 Å². The van der Waals surface area contributed by atoms with Crippen LogP contribution in [0.5, 0.6) is 0 Å². The van der Waals surface area contributed by atoms with Gasteiger partial charge in [0, 0.05) is 32.1 Å². The van der Waals surface area contributed by atoms with E-state index in [1.807, 2.05) is 4.90 Å². The number of carbonyl (C=O) groups is 1. The third-order valence-electron chi connectivity index (χ3n) is 4.89. The predicted octanol–water partition coefficient (Wildman–Crippen LogP) is 2.80. The lowest BCUT2D eigenvalue weighted by Crippen LogP contribution is -2.38. The first-order valence-electron chi connectivity index (χ1n) is 8.18. The molecule has 19 heavy (non-hydrogen) atoms. The summed E-state index contributed by atoms with van der Waals surface area (Å²) < 4.78 is 0. The summed E-state index contributed by atoms with van der Waals surface area (Å²) in [6.07, 6.45) is 8.40. The number of nitrogens with one attached hydrogen (secondary N) is 1. The van der Waals surface area contributed by atoms with Crippen LogP contribution < -0.4 is 5.32 Å². The third kappa shape index (κ3) is 4.48. The van der Waals surface area contributed by atoms with E-state index >= 15 is 0 Å². The number of amides is 1. The second-order valence-corrected chi connectivity index (χ2v) is 6.66. The van der Waals surface area contributed by atoms with E-state index in [0.29, 0.717) is 18.4 Å². The number of hydrogen-bond acceptors (Lipinski definition) is 2. The highest BCUT2D eigenvalue weighted by molar-refractivity contribution is 5.76. The molecule has 1 saturated heterocycles. The molecule has 0 aromatic rings. The molecule has 1 N–H and O–H groups in total. The lowest BCUT2D eigenvalue weighted by atomic mass is 9.79. The van der Waals surface area contributed by atoms with Crippen LogP contribution in [0.4, 0.5) is 0 Å². The van der Waals surface area contributed by atoms with Gasteiger partial charge < -0.3 is 10.2 Å². The summed E-state index contributed by atoms with van der Waals surface area (Å²) in [6, 6.07) is 0.646. The zero-order chi connectivity index (χ0) is 13.7. The van der Waals surface area contributed by atoms with Gasteiger partial charge in [0.15, 0.2) is 0 Å². The monoisotopic (exact) mass is 266 g/mol. The fraction of sp³-hybridized carbons (Fsp3) is 0.938. The molecule has 0 aromatic heterocycles. The van der Waals surface area contributed by atoms with Gasteiger partial charge in [-0.3, -0.25) is 4.79 Å². The maximum absolute atomic E-state index is 11.9. The van der Waals surface area contributed by atoms with Gasteiger partial charge in [-0.2, -0.15) is 0 Å². The van der Waals surface area contributed by atoms with Crippen molar-refractivity contribution in [3.05, 3.63) is 0 Å². The molecule has 2 rings (SSSR count). The molecule has 110 valence electrons. The molecule has 0 radical (unpaired) electrons. The van der Waals surface area contributed by atoms with Crippen LogP contribution in [0.3, 0.4) is 0 Å². The van der Waals surface area contributed by atoms with Crippen molar-refractivity contribution in [3.63, 3.8) is 0 Å². The lowest BCUT2D eigenvalue weighted by Gasteiger charge is -2.32. The van der Waals surface area contributed by atoms with Crippen LogP contribution in [-0.4, -0.2) is 36.5 Å². The summed E-state index contributed by atoms with van der Waals surface area (Å²) in [7, 11) is 0. The summed E-state index contributed by atoms with van der Waals surface area (Å²) >= 11 is 0. The first-order chi connectivity index (χ1) is 9.16. The minimum Gasteiger partial charge on any atom is -0.343 e. The Morgan fingerprint density at radius 3 is 2.63 bits per heavy atom. The molecule has 1 heterocycles. The van der Waals surface area contributed by atoms with Crippen molar-refractivity contribution in [1.29, 1.82) is 0 Å². The highest BCUT2D eigenvalue weighted by Gasteiger charge is 2.24. The molecule has 1 aliphatic heterocycles. The number of hydrogen-bond donors (Lipinski definition) is 1. The van der Waals surface area contributed by atoms with Crippen LogP contribution >= 0.6 is 0 Å². The third-order valence-corrected chi connectivity index (χ3v) is 4.89. The number of rotatable bonds is 5. The van der Waals surface area contributed by atoms with E-state index in [0.717, 1.165) is 31.5 Å². The van der Waals surface area contributed by atoms with Crippen molar-refractivity contribution in [2.45, 2.75) is 64.8 Å². The van der Waals surface area contributed by atoms with Crippen LogP contribution in [0.2, 0.25) is 0 Å². The van der Waals surface area contributed by atoms with Gasteiger partial charge in [-0.15, -0.1) is 0 Å². The van der Waals surface area contributed by atoms with Gasteiger partial charge in [-0.1, -0.05) is 26.7 Å². The Morgan fingerprint density at radius 1 is 1.21 bits per heavy atom. The number of likely N-dealkylation sites (tertiary alicyclic amines) is 1. The summed E-state index contributed by atoms with van der Waals surface area (Å²) in [5.74, 6) is 2.03.